The fourth-order valence-electron chi connectivity index (χ4n) is 3.79. The smallest absolute Gasteiger partial charge is 0.0761 e. The van der Waals surface area contributed by atoms with Gasteiger partial charge in [-0.1, -0.05) is 12.8 Å². The van der Waals surface area contributed by atoms with E-state index in [1.165, 1.54) is 46.2 Å². The van der Waals surface area contributed by atoms with Gasteiger partial charge in [0.2, 0.25) is 0 Å². The predicted octanol–water partition coefficient (Wildman–Crippen LogP) is 4.20. The summed E-state index contributed by atoms with van der Waals surface area (Å²) in [5.74, 6) is 0.380. The maximum atomic E-state index is 10.6. The van der Waals surface area contributed by atoms with E-state index in [-0.39, 0.29) is 18.4 Å². The molecule has 0 radical (unpaired) electrons. The first kappa shape index (κ1) is 18.5. The molecular formula is C18H30ClNO. The number of hydrogen-bond donors (Lipinski definition) is 2. The number of halogens is 1. The first-order chi connectivity index (χ1) is 9.36. The molecule has 0 aromatic heterocycles. The van der Waals surface area contributed by atoms with Crippen molar-refractivity contribution in [3.8, 4) is 0 Å². The van der Waals surface area contributed by atoms with Crippen LogP contribution in [0.5, 0.6) is 0 Å². The third-order valence-electron chi connectivity index (χ3n) is 5.64. The normalized spacial score (nSPS) is 18.4. The number of aliphatic hydroxyl groups is 1. The summed E-state index contributed by atoms with van der Waals surface area (Å²) in [5.41, 5.74) is 14.1. The van der Waals surface area contributed by atoms with E-state index in [0.29, 0.717) is 5.92 Å². The van der Waals surface area contributed by atoms with Gasteiger partial charge in [0.1, 0.15) is 0 Å². The van der Waals surface area contributed by atoms with Crippen molar-refractivity contribution in [3.63, 3.8) is 0 Å². The van der Waals surface area contributed by atoms with Crippen LogP contribution in [0.4, 0.5) is 0 Å². The third-order valence-corrected chi connectivity index (χ3v) is 5.64. The second kappa shape index (κ2) is 7.13. The van der Waals surface area contributed by atoms with Crippen molar-refractivity contribution in [2.45, 2.75) is 72.4 Å². The lowest BCUT2D eigenvalue weighted by Gasteiger charge is -2.29. The fourth-order valence-corrected chi connectivity index (χ4v) is 3.79. The number of aliphatic hydroxyl groups excluding tert-OH is 1. The Bertz CT molecular complexity index is 477. The summed E-state index contributed by atoms with van der Waals surface area (Å²) in [6.07, 6.45) is 4.31. The highest BCUT2D eigenvalue weighted by atomic mass is 35.5. The predicted molar refractivity (Wildman–Crippen MR) is 92.3 cm³/mol. The van der Waals surface area contributed by atoms with Gasteiger partial charge in [0, 0.05) is 0 Å². The zero-order valence-corrected chi connectivity index (χ0v) is 14.8. The Morgan fingerprint density at radius 2 is 1.24 bits per heavy atom. The molecular weight excluding hydrogens is 282 g/mol. The molecule has 1 aliphatic carbocycles. The zero-order valence-electron chi connectivity index (χ0n) is 14.0. The van der Waals surface area contributed by atoms with Gasteiger partial charge < -0.3 is 10.8 Å². The minimum atomic E-state index is -0.406. The van der Waals surface area contributed by atoms with Gasteiger partial charge in [0.15, 0.2) is 0 Å². The van der Waals surface area contributed by atoms with Gasteiger partial charge in [0.25, 0.3) is 0 Å². The largest absolute Gasteiger partial charge is 0.391 e. The van der Waals surface area contributed by atoms with Crippen LogP contribution in [0.3, 0.4) is 0 Å². The molecule has 0 bridgehead atoms. The average Bonchev–Trinajstić information content (AvgIpc) is 2.96. The quantitative estimate of drug-likeness (QED) is 0.878. The molecule has 0 aliphatic heterocycles. The molecule has 3 heteroatoms. The molecule has 0 spiro atoms. The van der Waals surface area contributed by atoms with Crippen molar-refractivity contribution in [1.29, 1.82) is 0 Å². The highest BCUT2D eigenvalue weighted by molar-refractivity contribution is 5.85. The van der Waals surface area contributed by atoms with Crippen LogP contribution in [0, 0.1) is 40.5 Å². The Morgan fingerprint density at radius 3 is 1.67 bits per heavy atom. The lowest BCUT2D eigenvalue weighted by molar-refractivity contribution is 0.0840. The standard InChI is InChI=1S/C18H29NO.ClH/c1-10-11(2)13(4)16(14(5)12(10)3)17(19)18(20)15-8-6-7-9-15;/h15,17-18,20H,6-9,19H2,1-5H3;1H/t17-,18+;/m0./s1. The third kappa shape index (κ3) is 3.28. The maximum absolute atomic E-state index is 10.6. The van der Waals surface area contributed by atoms with Gasteiger partial charge in [-0.15, -0.1) is 12.4 Å². The summed E-state index contributed by atoms with van der Waals surface area (Å²) in [6, 6.07) is -0.254. The first-order valence-corrected chi connectivity index (χ1v) is 7.86. The molecule has 0 heterocycles. The van der Waals surface area contributed by atoms with Crippen LogP contribution in [0.1, 0.15) is 65.1 Å². The molecule has 2 nitrogen and oxygen atoms in total. The Morgan fingerprint density at radius 1 is 0.857 bits per heavy atom. The number of benzene rings is 1. The Balaban J connectivity index is 0.00000220. The van der Waals surface area contributed by atoms with E-state index < -0.39 is 6.10 Å². The van der Waals surface area contributed by atoms with E-state index in [0.717, 1.165) is 12.8 Å². The van der Waals surface area contributed by atoms with Crippen molar-refractivity contribution in [3.05, 3.63) is 33.4 Å². The molecule has 0 saturated heterocycles. The van der Waals surface area contributed by atoms with Crippen LogP contribution in [0.2, 0.25) is 0 Å². The van der Waals surface area contributed by atoms with Gasteiger partial charge in [-0.05, 0) is 86.8 Å². The molecule has 2 atom stereocenters. The van der Waals surface area contributed by atoms with Crippen molar-refractivity contribution in [1.82, 2.24) is 0 Å². The monoisotopic (exact) mass is 311 g/mol. The van der Waals surface area contributed by atoms with Crippen molar-refractivity contribution in [2.75, 3.05) is 0 Å². The van der Waals surface area contributed by atoms with Crippen molar-refractivity contribution >= 4 is 12.4 Å². The molecule has 120 valence electrons. The van der Waals surface area contributed by atoms with E-state index >= 15 is 0 Å². The first-order valence-electron chi connectivity index (χ1n) is 7.86. The summed E-state index contributed by atoms with van der Waals surface area (Å²) >= 11 is 0. The molecule has 1 aromatic carbocycles. The molecule has 3 N–H and O–H groups in total. The second-order valence-corrected chi connectivity index (χ2v) is 6.60. The average molecular weight is 312 g/mol. The summed E-state index contributed by atoms with van der Waals surface area (Å²) in [4.78, 5) is 0. The van der Waals surface area contributed by atoms with E-state index in [2.05, 4.69) is 34.6 Å². The van der Waals surface area contributed by atoms with E-state index in [1.807, 2.05) is 0 Å². The molecule has 1 saturated carbocycles. The molecule has 1 fully saturated rings. The van der Waals surface area contributed by atoms with Crippen molar-refractivity contribution in [2.24, 2.45) is 11.7 Å². The summed E-state index contributed by atoms with van der Waals surface area (Å²) in [6.45, 7) is 10.8. The van der Waals surface area contributed by atoms with E-state index in [4.69, 9.17) is 5.73 Å². The SMILES string of the molecule is Cc1c(C)c(C)c([C@H](N)[C@H](O)C2CCCC2)c(C)c1C.Cl. The highest BCUT2D eigenvalue weighted by Gasteiger charge is 2.31. The van der Waals surface area contributed by atoms with Gasteiger partial charge in [0.05, 0.1) is 12.1 Å². The van der Waals surface area contributed by atoms with Crippen LogP contribution in [-0.4, -0.2) is 11.2 Å². The molecule has 2 rings (SSSR count). The van der Waals surface area contributed by atoms with Gasteiger partial charge in [-0.3, -0.25) is 0 Å². The van der Waals surface area contributed by atoms with Crippen molar-refractivity contribution < 1.29 is 5.11 Å². The zero-order chi connectivity index (χ0) is 15.0. The highest BCUT2D eigenvalue weighted by Crippen LogP contribution is 2.36. The Hall–Kier alpha value is -0.570. The molecule has 0 amide bonds. The molecule has 1 aliphatic rings. The van der Waals surface area contributed by atoms with Gasteiger partial charge in [-0.2, -0.15) is 0 Å². The molecule has 1 aromatic rings. The summed E-state index contributed by atoms with van der Waals surface area (Å²) < 4.78 is 0. The Kier molecular flexibility index (Phi) is 6.27. The second-order valence-electron chi connectivity index (χ2n) is 6.60. The summed E-state index contributed by atoms with van der Waals surface area (Å²) in [7, 11) is 0. The maximum Gasteiger partial charge on any atom is 0.0761 e. The minimum absolute atomic E-state index is 0. The molecule has 0 unspecified atom stereocenters. The minimum Gasteiger partial charge on any atom is -0.391 e. The number of rotatable bonds is 3. The van der Waals surface area contributed by atoms with Crippen LogP contribution in [-0.2, 0) is 0 Å². The van der Waals surface area contributed by atoms with E-state index in [9.17, 15) is 5.11 Å². The lowest BCUT2D eigenvalue weighted by atomic mass is 9.82. The topological polar surface area (TPSA) is 46.2 Å². The van der Waals surface area contributed by atoms with Crippen LogP contribution < -0.4 is 5.73 Å². The molecule has 21 heavy (non-hydrogen) atoms. The summed E-state index contributed by atoms with van der Waals surface area (Å²) in [5, 5.41) is 10.6. The van der Waals surface area contributed by atoms with Gasteiger partial charge >= 0.3 is 0 Å². The number of nitrogens with two attached hydrogens (primary N) is 1. The number of hydrogen-bond acceptors (Lipinski definition) is 2. The van der Waals surface area contributed by atoms with Crippen LogP contribution >= 0.6 is 12.4 Å². The van der Waals surface area contributed by atoms with Gasteiger partial charge in [-0.25, -0.2) is 0 Å². The lowest BCUT2D eigenvalue weighted by Crippen LogP contribution is -2.33. The fraction of sp³-hybridized carbons (Fsp3) is 0.667. The van der Waals surface area contributed by atoms with Crippen LogP contribution in [0.15, 0.2) is 0 Å². The van der Waals surface area contributed by atoms with E-state index in [1.54, 1.807) is 0 Å². The van der Waals surface area contributed by atoms with Crippen LogP contribution in [0.25, 0.3) is 0 Å². The Labute approximate surface area is 135 Å².